The van der Waals surface area contributed by atoms with Crippen LogP contribution in [0.15, 0.2) is 18.2 Å². The highest BCUT2D eigenvalue weighted by atomic mass is 35.5. The second-order valence-electron chi connectivity index (χ2n) is 2.95. The number of hydrogen-bond acceptors (Lipinski definition) is 1. The molecule has 1 aromatic carbocycles. The molecule has 0 aliphatic rings. The summed E-state index contributed by atoms with van der Waals surface area (Å²) >= 11 is 17.2. The van der Waals surface area contributed by atoms with E-state index in [0.717, 1.165) is 25.1 Å². The normalized spacial score (nSPS) is 9.53. The van der Waals surface area contributed by atoms with Gasteiger partial charge in [0, 0.05) is 18.1 Å². The molecule has 0 amide bonds. The topological polar surface area (TPSA) is 12.0 Å². The summed E-state index contributed by atoms with van der Waals surface area (Å²) in [6.07, 6.45) is 2.08. The molecule has 0 unspecified atom stereocenters. The van der Waals surface area contributed by atoms with Crippen molar-refractivity contribution < 1.29 is 0 Å². The Kier molecular flexibility index (Phi) is 8.45. The largest absolute Gasteiger partial charge is 0.385 e. The summed E-state index contributed by atoms with van der Waals surface area (Å²) in [4.78, 5) is 0. The van der Waals surface area contributed by atoms with Gasteiger partial charge in [0.2, 0.25) is 0 Å². The average molecular weight is 289 g/mol. The first-order chi connectivity index (χ1) is 6.74. The number of anilines is 1. The maximum absolute atomic E-state index is 5.86. The highest BCUT2D eigenvalue weighted by Crippen LogP contribution is 2.24. The van der Waals surface area contributed by atoms with Crippen molar-refractivity contribution in [2.45, 2.75) is 12.8 Å². The number of rotatable bonds is 5. The number of benzene rings is 1. The fourth-order valence-electron chi connectivity index (χ4n) is 1.06. The molecule has 86 valence electrons. The summed E-state index contributed by atoms with van der Waals surface area (Å²) in [6, 6.07) is 5.52. The molecule has 1 aromatic rings. The van der Waals surface area contributed by atoms with E-state index in [1.165, 1.54) is 0 Å². The lowest BCUT2D eigenvalue weighted by Crippen LogP contribution is -2.01. The highest BCUT2D eigenvalue weighted by molar-refractivity contribution is 6.42. The molecule has 0 bridgehead atoms. The van der Waals surface area contributed by atoms with Gasteiger partial charge in [-0.1, -0.05) is 23.2 Å². The molecule has 0 heterocycles. The summed E-state index contributed by atoms with van der Waals surface area (Å²) < 4.78 is 0. The van der Waals surface area contributed by atoms with Crippen LogP contribution in [0, 0.1) is 0 Å². The third-order valence-electron chi connectivity index (χ3n) is 1.81. The fraction of sp³-hybridized carbons (Fsp3) is 0.400. The molecule has 1 rings (SSSR count). The van der Waals surface area contributed by atoms with Gasteiger partial charge < -0.3 is 5.32 Å². The van der Waals surface area contributed by atoms with E-state index in [9.17, 15) is 0 Å². The van der Waals surface area contributed by atoms with Gasteiger partial charge in [-0.15, -0.1) is 24.0 Å². The van der Waals surface area contributed by atoms with Gasteiger partial charge in [-0.2, -0.15) is 0 Å². The Morgan fingerprint density at radius 3 is 2.40 bits per heavy atom. The van der Waals surface area contributed by atoms with Crippen molar-refractivity contribution in [1.29, 1.82) is 0 Å². The Hall–Kier alpha value is 0.180. The molecule has 15 heavy (non-hydrogen) atoms. The summed E-state index contributed by atoms with van der Waals surface area (Å²) in [6.45, 7) is 0.907. The fourth-order valence-corrected chi connectivity index (χ4v) is 1.55. The molecule has 1 nitrogen and oxygen atoms in total. The first kappa shape index (κ1) is 15.2. The van der Waals surface area contributed by atoms with Gasteiger partial charge in [0.25, 0.3) is 0 Å². The Balaban J connectivity index is 0.00000196. The van der Waals surface area contributed by atoms with Crippen LogP contribution in [0.1, 0.15) is 12.8 Å². The van der Waals surface area contributed by atoms with Crippen LogP contribution in [0.5, 0.6) is 0 Å². The SMILES string of the molecule is Cl.ClCCCCNc1ccc(Cl)c(Cl)c1. The van der Waals surface area contributed by atoms with Crippen molar-refractivity contribution in [2.24, 2.45) is 0 Å². The highest BCUT2D eigenvalue weighted by Gasteiger charge is 1.98. The quantitative estimate of drug-likeness (QED) is 0.603. The van der Waals surface area contributed by atoms with Crippen LogP contribution in [0.4, 0.5) is 5.69 Å². The van der Waals surface area contributed by atoms with Crippen molar-refractivity contribution in [3.63, 3.8) is 0 Å². The molecular formula is C10H13Cl4N. The van der Waals surface area contributed by atoms with Crippen LogP contribution < -0.4 is 5.32 Å². The molecule has 0 aliphatic carbocycles. The van der Waals surface area contributed by atoms with Crippen LogP contribution in [-0.4, -0.2) is 12.4 Å². The van der Waals surface area contributed by atoms with Gasteiger partial charge in [-0.3, -0.25) is 0 Å². The molecule has 0 aromatic heterocycles. The molecule has 0 aliphatic heterocycles. The zero-order valence-electron chi connectivity index (χ0n) is 8.10. The number of unbranched alkanes of at least 4 members (excludes halogenated alkanes) is 1. The van der Waals surface area contributed by atoms with E-state index in [2.05, 4.69) is 5.32 Å². The summed E-state index contributed by atoms with van der Waals surface area (Å²) in [5.74, 6) is 0.711. The molecule has 0 atom stereocenters. The van der Waals surface area contributed by atoms with Crippen molar-refractivity contribution in [2.75, 3.05) is 17.7 Å². The smallest absolute Gasteiger partial charge is 0.0612 e. The minimum atomic E-state index is 0. The second-order valence-corrected chi connectivity index (χ2v) is 4.14. The predicted octanol–water partition coefficient (Wildman–Crippen LogP) is 4.85. The first-order valence-electron chi connectivity index (χ1n) is 4.49. The van der Waals surface area contributed by atoms with Crippen LogP contribution >= 0.6 is 47.2 Å². The molecule has 0 spiro atoms. The van der Waals surface area contributed by atoms with Crippen molar-refractivity contribution in [3.05, 3.63) is 28.2 Å². The number of halogens is 4. The van der Waals surface area contributed by atoms with E-state index < -0.39 is 0 Å². The predicted molar refractivity (Wildman–Crippen MR) is 72.2 cm³/mol. The summed E-state index contributed by atoms with van der Waals surface area (Å²) in [7, 11) is 0. The van der Waals surface area contributed by atoms with Gasteiger partial charge in [-0.05, 0) is 31.0 Å². The first-order valence-corrected chi connectivity index (χ1v) is 5.78. The zero-order chi connectivity index (χ0) is 10.4. The van der Waals surface area contributed by atoms with Crippen LogP contribution in [0.2, 0.25) is 10.0 Å². The van der Waals surface area contributed by atoms with E-state index in [1.807, 2.05) is 12.1 Å². The van der Waals surface area contributed by atoms with Crippen LogP contribution in [-0.2, 0) is 0 Å². The Morgan fingerprint density at radius 1 is 1.07 bits per heavy atom. The molecule has 0 fully saturated rings. The Labute approximate surface area is 112 Å². The molecule has 0 saturated carbocycles. The molecule has 0 radical (unpaired) electrons. The third kappa shape index (κ3) is 5.72. The molecule has 5 heteroatoms. The van der Waals surface area contributed by atoms with Crippen LogP contribution in [0.3, 0.4) is 0 Å². The average Bonchev–Trinajstić information content (AvgIpc) is 2.18. The van der Waals surface area contributed by atoms with Gasteiger partial charge in [0.1, 0.15) is 0 Å². The monoisotopic (exact) mass is 287 g/mol. The number of nitrogens with one attached hydrogen (secondary N) is 1. The molecule has 1 N–H and O–H groups in total. The van der Waals surface area contributed by atoms with Gasteiger partial charge in [-0.25, -0.2) is 0 Å². The maximum Gasteiger partial charge on any atom is 0.0612 e. The summed E-state index contributed by atoms with van der Waals surface area (Å²) in [5, 5.41) is 4.41. The van der Waals surface area contributed by atoms with E-state index in [1.54, 1.807) is 6.07 Å². The van der Waals surface area contributed by atoms with Crippen LogP contribution in [0.25, 0.3) is 0 Å². The number of alkyl halides is 1. The standard InChI is InChI=1S/C10H12Cl3N.ClH/c11-5-1-2-6-14-8-3-4-9(12)10(13)7-8;/h3-4,7,14H,1-2,5-6H2;1H. The van der Waals surface area contributed by atoms with Gasteiger partial charge in [0.15, 0.2) is 0 Å². The van der Waals surface area contributed by atoms with Crippen molar-refractivity contribution >= 4 is 52.9 Å². The van der Waals surface area contributed by atoms with Crippen molar-refractivity contribution in [3.8, 4) is 0 Å². The Morgan fingerprint density at radius 2 is 1.80 bits per heavy atom. The Bertz CT molecular complexity index is 291. The lowest BCUT2D eigenvalue weighted by atomic mass is 10.3. The van der Waals surface area contributed by atoms with Gasteiger partial charge >= 0.3 is 0 Å². The van der Waals surface area contributed by atoms with E-state index in [0.29, 0.717) is 15.9 Å². The summed E-state index contributed by atoms with van der Waals surface area (Å²) in [5.41, 5.74) is 0.994. The maximum atomic E-state index is 5.86. The second kappa shape index (κ2) is 8.35. The minimum Gasteiger partial charge on any atom is -0.385 e. The van der Waals surface area contributed by atoms with E-state index >= 15 is 0 Å². The van der Waals surface area contributed by atoms with E-state index in [4.69, 9.17) is 34.8 Å². The lowest BCUT2D eigenvalue weighted by molar-refractivity contribution is 0.839. The minimum absolute atomic E-state index is 0. The van der Waals surface area contributed by atoms with Gasteiger partial charge in [0.05, 0.1) is 10.0 Å². The number of hydrogen-bond donors (Lipinski definition) is 1. The zero-order valence-corrected chi connectivity index (χ0v) is 11.2. The third-order valence-corrected chi connectivity index (χ3v) is 2.82. The van der Waals surface area contributed by atoms with Crippen molar-refractivity contribution in [1.82, 2.24) is 0 Å². The molecule has 0 saturated heterocycles. The molecular weight excluding hydrogens is 276 g/mol. The van der Waals surface area contributed by atoms with E-state index in [-0.39, 0.29) is 12.4 Å². The lowest BCUT2D eigenvalue weighted by Gasteiger charge is -2.06.